The minimum absolute atomic E-state index is 0.0117. The summed E-state index contributed by atoms with van der Waals surface area (Å²) in [6.45, 7) is 18.1. The number of hydrogen-bond acceptors (Lipinski definition) is 12. The number of likely N-dealkylation sites (tertiary alicyclic amines) is 2. The van der Waals surface area contributed by atoms with Crippen LogP contribution in [0, 0.1) is 11.3 Å². The summed E-state index contributed by atoms with van der Waals surface area (Å²) in [6, 6.07) is 14.0. The maximum atomic E-state index is 14.5. The van der Waals surface area contributed by atoms with Gasteiger partial charge in [0.1, 0.15) is 42.0 Å². The summed E-state index contributed by atoms with van der Waals surface area (Å²) in [7, 11) is 0. The lowest BCUT2D eigenvalue weighted by Crippen LogP contribution is -2.63. The number of benzene rings is 2. The van der Waals surface area contributed by atoms with Gasteiger partial charge in [-0.05, 0) is 122 Å². The topological polar surface area (TPSA) is 223 Å². The van der Waals surface area contributed by atoms with Crippen molar-refractivity contribution in [3.05, 3.63) is 71.8 Å². The van der Waals surface area contributed by atoms with Crippen LogP contribution in [-0.2, 0) is 55.8 Å². The van der Waals surface area contributed by atoms with Crippen LogP contribution in [0.1, 0.15) is 124 Å². The molecule has 1 spiro atoms. The highest BCUT2D eigenvalue weighted by atomic mass is 16.7. The average molecular weight is 1020 g/mol. The molecular formula is C55H83N7O11. The second kappa shape index (κ2) is 27.6. The third-order valence-electron chi connectivity index (χ3n) is 13.0. The molecule has 3 saturated heterocycles. The zero-order chi connectivity index (χ0) is 53.2. The van der Waals surface area contributed by atoms with Crippen molar-refractivity contribution in [1.29, 1.82) is 0 Å². The number of hydrogen-bond donors (Lipinski definition) is 5. The van der Waals surface area contributed by atoms with Gasteiger partial charge in [0.2, 0.25) is 23.6 Å². The molecule has 3 aliphatic heterocycles. The molecule has 2 aromatic carbocycles. The number of unbranched alkanes of at least 4 members (excludes halogenated alkanes) is 1. The maximum Gasteiger partial charge on any atom is 0.408 e. The van der Waals surface area contributed by atoms with Gasteiger partial charge in [0.25, 0.3) is 0 Å². The number of alkyl carbamates (subject to hydrolysis) is 2. The molecule has 3 aliphatic rings. The number of amides is 6. The molecule has 5 N–H and O–H groups in total. The number of ketones is 1. The Labute approximate surface area is 432 Å². The first kappa shape index (κ1) is 58.3. The molecule has 3 fully saturated rings. The van der Waals surface area contributed by atoms with Crippen LogP contribution in [0.5, 0.6) is 0 Å². The second-order valence-electron chi connectivity index (χ2n) is 22.4. The minimum Gasteiger partial charge on any atom is -0.444 e. The van der Waals surface area contributed by atoms with Gasteiger partial charge in [-0.1, -0.05) is 74.5 Å². The highest BCUT2D eigenvalue weighted by Crippen LogP contribution is 2.40. The first-order valence-corrected chi connectivity index (χ1v) is 26.3. The standard InChI is InChI=1S/C55H83N7O11/c1-38(2)31-43(58-48(65)44(32-39-19-11-9-12-20-39)59-49(66)45(33-40-21-13-10-14-22-40)60-52(69)73-54(6,7)8)47(64)57-42(23-15-17-27-56-51(68)72-53(3,4)5)50(67)62-28-25-55(26-29-62)36-61(37-55)34-41(63)35-71-46-24-16-18-30-70-46/h9-14,19-22,38,42-46H,15-18,23-37H2,1-8H3,(H,56,68)(H,57,64)(H,58,65)(H,59,66)(H,60,69)/t42-,43-,44-,45-,46?/m1/s1. The normalized spacial score (nSPS) is 18.5. The van der Waals surface area contributed by atoms with E-state index in [2.05, 4.69) is 31.5 Å². The van der Waals surface area contributed by atoms with Crippen molar-refractivity contribution in [2.24, 2.45) is 11.3 Å². The molecule has 73 heavy (non-hydrogen) atoms. The Hall–Kier alpha value is -5.59. The Kier molecular flexibility index (Phi) is 22.1. The monoisotopic (exact) mass is 1020 g/mol. The fourth-order valence-corrected chi connectivity index (χ4v) is 9.40. The number of nitrogens with zero attached hydrogens (tertiary/aromatic N) is 2. The predicted octanol–water partition coefficient (Wildman–Crippen LogP) is 5.60. The zero-order valence-electron chi connectivity index (χ0n) is 44.6. The number of carbonyl (C=O) groups excluding carboxylic acids is 7. The molecule has 2 aromatic rings. The highest BCUT2D eigenvalue weighted by Gasteiger charge is 2.46. The van der Waals surface area contributed by atoms with Crippen LogP contribution in [0.2, 0.25) is 0 Å². The van der Waals surface area contributed by atoms with E-state index in [1.165, 1.54) is 0 Å². The van der Waals surface area contributed by atoms with Gasteiger partial charge in [0.15, 0.2) is 12.1 Å². The molecular weight excluding hydrogens is 935 g/mol. The summed E-state index contributed by atoms with van der Waals surface area (Å²) in [5.41, 5.74) is 0.0189. The molecule has 0 saturated carbocycles. The van der Waals surface area contributed by atoms with Crippen molar-refractivity contribution in [2.75, 3.05) is 52.5 Å². The molecule has 0 radical (unpaired) electrons. The highest BCUT2D eigenvalue weighted by molar-refractivity contribution is 5.95. The second-order valence-corrected chi connectivity index (χ2v) is 22.4. The average Bonchev–Trinajstić information content (AvgIpc) is 3.31. The first-order chi connectivity index (χ1) is 34.5. The lowest BCUT2D eigenvalue weighted by Gasteiger charge is -2.54. The lowest BCUT2D eigenvalue weighted by atomic mass is 9.72. The molecule has 5 atom stereocenters. The van der Waals surface area contributed by atoms with Crippen LogP contribution in [0.3, 0.4) is 0 Å². The van der Waals surface area contributed by atoms with E-state index in [1.54, 1.807) is 46.4 Å². The van der Waals surface area contributed by atoms with Crippen LogP contribution in [0.4, 0.5) is 9.59 Å². The van der Waals surface area contributed by atoms with E-state index in [0.717, 1.165) is 56.3 Å². The Morgan fingerprint density at radius 2 is 1.22 bits per heavy atom. The minimum atomic E-state index is -1.17. The van der Waals surface area contributed by atoms with E-state index in [1.807, 2.05) is 74.5 Å². The van der Waals surface area contributed by atoms with Crippen LogP contribution in [0.25, 0.3) is 0 Å². The van der Waals surface area contributed by atoms with E-state index in [-0.39, 0.29) is 61.6 Å². The molecule has 6 amide bonds. The third-order valence-corrected chi connectivity index (χ3v) is 13.0. The van der Waals surface area contributed by atoms with Gasteiger partial charge in [0, 0.05) is 52.2 Å². The maximum absolute atomic E-state index is 14.5. The van der Waals surface area contributed by atoms with Crippen LogP contribution in [-0.4, -0.2) is 146 Å². The van der Waals surface area contributed by atoms with E-state index in [4.69, 9.17) is 18.9 Å². The number of carbonyl (C=O) groups is 7. The van der Waals surface area contributed by atoms with Crippen molar-refractivity contribution in [3.8, 4) is 0 Å². The number of ether oxygens (including phenoxy) is 4. The van der Waals surface area contributed by atoms with E-state index >= 15 is 0 Å². The fourth-order valence-electron chi connectivity index (χ4n) is 9.40. The van der Waals surface area contributed by atoms with Crippen molar-refractivity contribution >= 4 is 41.6 Å². The number of nitrogens with one attached hydrogen (secondary N) is 5. The SMILES string of the molecule is CC(C)C[C@@H](NC(=O)[C@@H](Cc1ccccc1)NC(=O)[C@@H](Cc1ccccc1)NC(=O)OC(C)(C)C)C(=O)N[C@H](CCCCNC(=O)OC(C)(C)C)C(=O)N1CCC2(CC1)CN(CC(=O)COC1CCCCO1)C2. The van der Waals surface area contributed by atoms with Crippen molar-refractivity contribution < 1.29 is 52.5 Å². The van der Waals surface area contributed by atoms with Gasteiger partial charge in [-0.15, -0.1) is 0 Å². The number of rotatable bonds is 24. The van der Waals surface area contributed by atoms with E-state index < -0.39 is 65.3 Å². The summed E-state index contributed by atoms with van der Waals surface area (Å²) < 4.78 is 22.2. The molecule has 1 unspecified atom stereocenters. The Bertz CT molecular complexity index is 2110. The summed E-state index contributed by atoms with van der Waals surface area (Å²) >= 11 is 0. The van der Waals surface area contributed by atoms with Crippen molar-refractivity contribution in [3.63, 3.8) is 0 Å². The lowest BCUT2D eigenvalue weighted by molar-refractivity contribution is -0.171. The molecule has 404 valence electrons. The Balaban J connectivity index is 1.27. The van der Waals surface area contributed by atoms with E-state index in [0.29, 0.717) is 45.6 Å². The smallest absolute Gasteiger partial charge is 0.408 e. The van der Waals surface area contributed by atoms with Gasteiger partial charge in [-0.3, -0.25) is 28.9 Å². The third kappa shape index (κ3) is 20.7. The van der Waals surface area contributed by atoms with Gasteiger partial charge in [0.05, 0.1) is 6.54 Å². The molecule has 18 nitrogen and oxygen atoms in total. The fraction of sp³-hybridized carbons (Fsp3) is 0.655. The van der Waals surface area contributed by atoms with Crippen molar-refractivity contribution in [1.82, 2.24) is 36.4 Å². The van der Waals surface area contributed by atoms with Gasteiger partial charge in [-0.25, -0.2) is 9.59 Å². The summed E-state index contributed by atoms with van der Waals surface area (Å²) in [5.74, 6) is -2.06. The van der Waals surface area contributed by atoms with Gasteiger partial charge in [-0.2, -0.15) is 0 Å². The number of Topliss-reactive ketones (excluding diaryl/α,β-unsaturated/α-hetero) is 1. The molecule has 0 aromatic heterocycles. The predicted molar refractivity (Wildman–Crippen MR) is 276 cm³/mol. The van der Waals surface area contributed by atoms with Crippen LogP contribution < -0.4 is 26.6 Å². The van der Waals surface area contributed by atoms with Crippen LogP contribution in [0.15, 0.2) is 60.7 Å². The molecule has 5 rings (SSSR count). The summed E-state index contributed by atoms with van der Waals surface area (Å²) in [6.07, 6.45) is 4.35. The molecule has 0 aliphatic carbocycles. The van der Waals surface area contributed by atoms with Crippen LogP contribution >= 0.6 is 0 Å². The molecule has 0 bridgehead atoms. The summed E-state index contributed by atoms with van der Waals surface area (Å²) in [5, 5.41) is 14.3. The molecule has 3 heterocycles. The summed E-state index contributed by atoms with van der Waals surface area (Å²) in [4.78, 5) is 99.9. The van der Waals surface area contributed by atoms with Gasteiger partial charge >= 0.3 is 12.2 Å². The van der Waals surface area contributed by atoms with Crippen molar-refractivity contribution in [2.45, 2.75) is 168 Å². The Morgan fingerprint density at radius 3 is 1.77 bits per heavy atom. The zero-order valence-corrected chi connectivity index (χ0v) is 44.6. The van der Waals surface area contributed by atoms with E-state index in [9.17, 15) is 33.6 Å². The first-order valence-electron chi connectivity index (χ1n) is 26.3. The van der Waals surface area contributed by atoms with Gasteiger partial charge < -0.3 is 50.4 Å². The number of piperidine rings is 1. The Morgan fingerprint density at radius 1 is 0.685 bits per heavy atom. The largest absolute Gasteiger partial charge is 0.444 e. The quantitative estimate of drug-likeness (QED) is 0.0812. The molecule has 18 heteroatoms.